The number of halogens is 3. The number of imidazole rings is 1. The van der Waals surface area contributed by atoms with Gasteiger partial charge in [0.2, 0.25) is 0 Å². The third-order valence-corrected chi connectivity index (χ3v) is 4.35. The fourth-order valence-electron chi connectivity index (χ4n) is 3.21. The zero-order valence-corrected chi connectivity index (χ0v) is 14.2. The van der Waals surface area contributed by atoms with Crippen molar-refractivity contribution in [1.82, 2.24) is 9.13 Å². The highest BCUT2D eigenvalue weighted by Crippen LogP contribution is 2.35. The van der Waals surface area contributed by atoms with E-state index >= 15 is 0 Å². The molecule has 0 unspecified atom stereocenters. The molecule has 0 aliphatic rings. The minimum atomic E-state index is -4.57. The second kappa shape index (κ2) is 6.99. The SMILES string of the molecule is CCCn1c(=O)n(C[C@H](O)c2ccccc2C(F)(F)F)c2ccccc21. The number of aliphatic hydroxyl groups is 1. The van der Waals surface area contributed by atoms with E-state index in [9.17, 15) is 23.1 Å². The fraction of sp³-hybridized carbons (Fsp3) is 0.316. The number of aryl methyl sites for hydroxylation is 1. The van der Waals surface area contributed by atoms with E-state index < -0.39 is 17.8 Å². The van der Waals surface area contributed by atoms with Gasteiger partial charge >= 0.3 is 11.9 Å². The summed E-state index contributed by atoms with van der Waals surface area (Å²) in [4.78, 5) is 12.7. The highest BCUT2D eigenvalue weighted by Gasteiger charge is 2.34. The first kappa shape index (κ1) is 18.3. The molecular weight excluding hydrogens is 345 g/mol. The summed E-state index contributed by atoms with van der Waals surface area (Å²) in [6, 6.07) is 12.0. The lowest BCUT2D eigenvalue weighted by Crippen LogP contribution is -2.27. The Bertz CT molecular complexity index is 973. The van der Waals surface area contributed by atoms with Crippen LogP contribution in [0.15, 0.2) is 53.3 Å². The lowest BCUT2D eigenvalue weighted by molar-refractivity contribution is -0.139. The highest BCUT2D eigenvalue weighted by molar-refractivity contribution is 5.76. The van der Waals surface area contributed by atoms with Gasteiger partial charge in [0.25, 0.3) is 0 Å². The topological polar surface area (TPSA) is 47.2 Å². The summed E-state index contributed by atoms with van der Waals surface area (Å²) in [6.45, 7) is 2.19. The van der Waals surface area contributed by atoms with Gasteiger partial charge in [-0.25, -0.2) is 4.79 Å². The van der Waals surface area contributed by atoms with Crippen molar-refractivity contribution >= 4 is 11.0 Å². The van der Waals surface area contributed by atoms with Gasteiger partial charge in [0.15, 0.2) is 0 Å². The maximum absolute atomic E-state index is 13.2. The van der Waals surface area contributed by atoms with E-state index in [2.05, 4.69) is 0 Å². The van der Waals surface area contributed by atoms with Gasteiger partial charge in [-0.2, -0.15) is 13.2 Å². The number of aromatic nitrogens is 2. The number of hydrogen-bond donors (Lipinski definition) is 1. The van der Waals surface area contributed by atoms with Crippen molar-refractivity contribution in [3.8, 4) is 0 Å². The summed E-state index contributed by atoms with van der Waals surface area (Å²) in [5.41, 5.74) is -0.168. The van der Waals surface area contributed by atoms with E-state index in [0.717, 1.165) is 12.5 Å². The Hall–Kier alpha value is -2.54. The summed E-state index contributed by atoms with van der Waals surface area (Å²) >= 11 is 0. The van der Waals surface area contributed by atoms with Gasteiger partial charge in [0, 0.05) is 6.54 Å². The van der Waals surface area contributed by atoms with E-state index in [1.54, 1.807) is 28.8 Å². The van der Waals surface area contributed by atoms with Crippen LogP contribution >= 0.6 is 0 Å². The number of aliphatic hydroxyl groups excluding tert-OH is 1. The Kier molecular flexibility index (Phi) is 4.91. The van der Waals surface area contributed by atoms with Crippen molar-refractivity contribution in [2.24, 2.45) is 0 Å². The summed E-state index contributed by atoms with van der Waals surface area (Å²) < 4.78 is 42.5. The van der Waals surface area contributed by atoms with Crippen LogP contribution in [-0.4, -0.2) is 14.2 Å². The molecule has 0 aliphatic heterocycles. The Morgan fingerprint density at radius 2 is 1.58 bits per heavy atom. The average Bonchev–Trinajstić information content (AvgIpc) is 2.87. The molecule has 3 rings (SSSR count). The molecule has 2 aromatic carbocycles. The second-order valence-corrected chi connectivity index (χ2v) is 6.13. The van der Waals surface area contributed by atoms with Gasteiger partial charge in [0.05, 0.1) is 29.2 Å². The molecule has 0 saturated heterocycles. The zero-order chi connectivity index (χ0) is 18.9. The summed E-state index contributed by atoms with van der Waals surface area (Å²) in [5, 5.41) is 10.5. The number of hydrogen-bond acceptors (Lipinski definition) is 2. The molecule has 0 saturated carbocycles. The molecular formula is C19H19F3N2O2. The lowest BCUT2D eigenvalue weighted by atomic mass is 10.0. The van der Waals surface area contributed by atoms with Crippen LogP contribution in [0.2, 0.25) is 0 Å². The Labute approximate surface area is 148 Å². The van der Waals surface area contributed by atoms with E-state index in [1.807, 2.05) is 6.92 Å². The molecule has 7 heteroatoms. The Morgan fingerprint density at radius 3 is 2.19 bits per heavy atom. The predicted octanol–water partition coefficient (Wildman–Crippen LogP) is 3.97. The molecule has 4 nitrogen and oxygen atoms in total. The smallest absolute Gasteiger partial charge is 0.387 e. The number of benzene rings is 2. The average molecular weight is 364 g/mol. The van der Waals surface area contributed by atoms with E-state index in [0.29, 0.717) is 17.6 Å². The second-order valence-electron chi connectivity index (χ2n) is 6.13. The van der Waals surface area contributed by atoms with Crippen LogP contribution in [0.1, 0.15) is 30.6 Å². The quantitative estimate of drug-likeness (QED) is 0.745. The zero-order valence-electron chi connectivity index (χ0n) is 14.2. The largest absolute Gasteiger partial charge is 0.416 e. The van der Waals surface area contributed by atoms with Crippen LogP contribution in [0, 0.1) is 0 Å². The summed E-state index contributed by atoms with van der Waals surface area (Å²) in [7, 11) is 0. The van der Waals surface area contributed by atoms with E-state index in [1.165, 1.54) is 22.8 Å². The van der Waals surface area contributed by atoms with Gasteiger partial charge < -0.3 is 5.11 Å². The van der Waals surface area contributed by atoms with E-state index in [4.69, 9.17) is 0 Å². The molecule has 1 N–H and O–H groups in total. The standard InChI is InChI=1S/C19H19F3N2O2/c1-2-11-23-15-9-5-6-10-16(15)24(18(23)26)12-17(25)13-7-3-4-8-14(13)19(20,21)22/h3-10,17,25H,2,11-12H2,1H3/t17-/m0/s1. The molecule has 0 fully saturated rings. The predicted molar refractivity (Wildman–Crippen MR) is 92.9 cm³/mol. The van der Waals surface area contributed by atoms with Crippen molar-refractivity contribution in [3.05, 3.63) is 70.1 Å². The number of fused-ring (bicyclic) bond motifs is 1. The molecule has 3 aromatic rings. The number of rotatable bonds is 5. The van der Waals surface area contributed by atoms with Crippen LogP contribution in [0.4, 0.5) is 13.2 Å². The molecule has 26 heavy (non-hydrogen) atoms. The Morgan fingerprint density at radius 1 is 1.00 bits per heavy atom. The van der Waals surface area contributed by atoms with Crippen LogP contribution in [0.3, 0.4) is 0 Å². The highest BCUT2D eigenvalue weighted by atomic mass is 19.4. The third kappa shape index (κ3) is 3.26. The molecule has 1 heterocycles. The molecule has 138 valence electrons. The van der Waals surface area contributed by atoms with Gasteiger partial charge in [-0.15, -0.1) is 0 Å². The fourth-order valence-corrected chi connectivity index (χ4v) is 3.21. The minimum absolute atomic E-state index is 0.237. The maximum atomic E-state index is 13.2. The monoisotopic (exact) mass is 364 g/mol. The maximum Gasteiger partial charge on any atom is 0.416 e. The van der Waals surface area contributed by atoms with Gasteiger partial charge in [-0.05, 0) is 30.2 Å². The van der Waals surface area contributed by atoms with E-state index in [-0.39, 0.29) is 17.8 Å². The normalized spacial score (nSPS) is 13.3. The first-order valence-electron chi connectivity index (χ1n) is 8.36. The molecule has 0 radical (unpaired) electrons. The van der Waals surface area contributed by atoms with Crippen LogP contribution < -0.4 is 5.69 Å². The first-order chi connectivity index (χ1) is 12.3. The number of nitrogens with zero attached hydrogens (tertiary/aromatic N) is 2. The van der Waals surface area contributed by atoms with Crippen LogP contribution in [-0.2, 0) is 19.3 Å². The Balaban J connectivity index is 2.06. The molecule has 0 spiro atoms. The van der Waals surface area contributed by atoms with Crippen molar-refractivity contribution in [2.75, 3.05) is 0 Å². The van der Waals surface area contributed by atoms with Crippen molar-refractivity contribution in [1.29, 1.82) is 0 Å². The lowest BCUT2D eigenvalue weighted by Gasteiger charge is -2.18. The van der Waals surface area contributed by atoms with Gasteiger partial charge in [-0.1, -0.05) is 37.3 Å². The number of alkyl halides is 3. The summed E-state index contributed by atoms with van der Waals surface area (Å²) in [6.07, 6.45) is -5.28. The van der Waals surface area contributed by atoms with Gasteiger partial charge in [-0.3, -0.25) is 9.13 Å². The van der Waals surface area contributed by atoms with Crippen LogP contribution in [0.5, 0.6) is 0 Å². The van der Waals surface area contributed by atoms with Gasteiger partial charge in [0.1, 0.15) is 0 Å². The molecule has 0 amide bonds. The van der Waals surface area contributed by atoms with Crippen molar-refractivity contribution in [2.45, 2.75) is 38.7 Å². The molecule has 1 atom stereocenters. The van der Waals surface area contributed by atoms with Crippen LogP contribution in [0.25, 0.3) is 11.0 Å². The number of para-hydroxylation sites is 2. The molecule has 1 aromatic heterocycles. The minimum Gasteiger partial charge on any atom is -0.387 e. The van der Waals surface area contributed by atoms with Crippen molar-refractivity contribution in [3.63, 3.8) is 0 Å². The molecule has 0 bridgehead atoms. The summed E-state index contributed by atoms with van der Waals surface area (Å²) in [5.74, 6) is 0. The van der Waals surface area contributed by atoms with Crippen molar-refractivity contribution < 1.29 is 18.3 Å². The molecule has 0 aliphatic carbocycles. The first-order valence-corrected chi connectivity index (χ1v) is 8.36. The third-order valence-electron chi connectivity index (χ3n) is 4.35.